The van der Waals surface area contributed by atoms with Crippen LogP contribution < -0.4 is 0 Å². The number of rotatable bonds is 4. The molecule has 7 aromatic rings. The van der Waals surface area contributed by atoms with Gasteiger partial charge in [-0.25, -0.2) is 0 Å². The lowest BCUT2D eigenvalue weighted by Crippen LogP contribution is -2.06. The Kier molecular flexibility index (Phi) is 6.84. The average molecular weight is 640 g/mol. The maximum absolute atomic E-state index is 10.6. The first-order valence-electron chi connectivity index (χ1n) is 16.9. The highest BCUT2D eigenvalue weighted by atomic mass is 15.0. The van der Waals surface area contributed by atoms with Crippen molar-refractivity contribution in [2.75, 3.05) is 0 Å². The molecule has 2 aromatic heterocycles. The van der Waals surface area contributed by atoms with Crippen molar-refractivity contribution in [2.45, 2.75) is 19.3 Å². The number of aryl methyl sites for hydroxylation is 1. The minimum absolute atomic E-state index is 0.210. The van der Waals surface area contributed by atoms with E-state index in [4.69, 9.17) is 0 Å². The SMILES string of the molecule is N#Cc1cccc(-n2c3c(c4ccccc42)CCC=C3)c1-c1ccccc1-c1cccc(-n2c3c(c4cccc(C#N)c42)CC(C#N)C=C3)c1. The Labute approximate surface area is 290 Å². The zero-order valence-corrected chi connectivity index (χ0v) is 27.1. The van der Waals surface area contributed by atoms with Gasteiger partial charge in [-0.15, -0.1) is 0 Å². The van der Waals surface area contributed by atoms with Crippen molar-refractivity contribution in [2.24, 2.45) is 5.92 Å². The summed E-state index contributed by atoms with van der Waals surface area (Å²) in [6.07, 6.45) is 11.0. The normalized spacial score (nSPS) is 14.5. The third-order valence-corrected chi connectivity index (χ3v) is 10.2. The van der Waals surface area contributed by atoms with E-state index in [1.165, 1.54) is 10.9 Å². The lowest BCUT2D eigenvalue weighted by atomic mass is 9.90. The zero-order chi connectivity index (χ0) is 33.8. The van der Waals surface area contributed by atoms with Gasteiger partial charge in [0.2, 0.25) is 0 Å². The van der Waals surface area contributed by atoms with Crippen molar-refractivity contribution in [1.82, 2.24) is 9.13 Å². The Morgan fingerprint density at radius 1 is 0.640 bits per heavy atom. The molecule has 2 heterocycles. The average Bonchev–Trinajstić information content (AvgIpc) is 3.70. The second-order valence-corrected chi connectivity index (χ2v) is 12.9. The van der Waals surface area contributed by atoms with Gasteiger partial charge in [-0.2, -0.15) is 15.8 Å². The summed E-state index contributed by atoms with van der Waals surface area (Å²) in [6, 6.07) is 44.4. The third kappa shape index (κ3) is 4.37. The number of hydrogen-bond acceptors (Lipinski definition) is 3. The van der Waals surface area contributed by atoms with E-state index in [2.05, 4.69) is 112 Å². The molecule has 5 heteroatoms. The van der Waals surface area contributed by atoms with Crippen molar-refractivity contribution in [1.29, 1.82) is 15.8 Å². The van der Waals surface area contributed by atoms with E-state index in [1.807, 2.05) is 48.6 Å². The second kappa shape index (κ2) is 11.7. The number of hydrogen-bond donors (Lipinski definition) is 0. The van der Waals surface area contributed by atoms with Crippen molar-refractivity contribution >= 4 is 34.0 Å². The maximum Gasteiger partial charge on any atom is 0.101 e. The molecule has 2 aliphatic rings. The van der Waals surface area contributed by atoms with Gasteiger partial charge in [-0.05, 0) is 95.6 Å². The van der Waals surface area contributed by atoms with Gasteiger partial charge >= 0.3 is 0 Å². The fourth-order valence-electron chi connectivity index (χ4n) is 8.07. The molecule has 9 rings (SSSR count). The topological polar surface area (TPSA) is 81.2 Å². The van der Waals surface area contributed by atoms with Crippen molar-refractivity contribution in [3.63, 3.8) is 0 Å². The van der Waals surface area contributed by atoms with Crippen LogP contribution in [0, 0.1) is 39.9 Å². The number of aromatic nitrogens is 2. The van der Waals surface area contributed by atoms with Crippen molar-refractivity contribution in [3.05, 3.63) is 155 Å². The molecule has 5 aromatic carbocycles. The summed E-state index contributed by atoms with van der Waals surface area (Å²) in [6.45, 7) is 0. The van der Waals surface area contributed by atoms with E-state index in [9.17, 15) is 15.8 Å². The van der Waals surface area contributed by atoms with Gasteiger partial charge < -0.3 is 9.13 Å². The Balaban J connectivity index is 1.28. The first-order chi connectivity index (χ1) is 24.7. The highest BCUT2D eigenvalue weighted by Gasteiger charge is 2.26. The molecule has 234 valence electrons. The number of nitrogens with zero attached hydrogens (tertiary/aromatic N) is 5. The van der Waals surface area contributed by atoms with Gasteiger partial charge in [0.25, 0.3) is 0 Å². The summed E-state index contributed by atoms with van der Waals surface area (Å²) in [5, 5.41) is 32.7. The molecule has 0 saturated heterocycles. The van der Waals surface area contributed by atoms with Gasteiger partial charge in [0, 0.05) is 33.4 Å². The molecule has 0 N–H and O–H groups in total. The Morgan fingerprint density at radius 2 is 1.38 bits per heavy atom. The Hall–Kier alpha value is -6.87. The molecule has 0 amide bonds. The van der Waals surface area contributed by atoms with Crippen LogP contribution in [-0.2, 0) is 12.8 Å². The predicted molar refractivity (Wildman–Crippen MR) is 200 cm³/mol. The minimum Gasteiger partial charge on any atom is -0.309 e. The molecular weight excluding hydrogens is 611 g/mol. The number of fused-ring (bicyclic) bond motifs is 6. The highest BCUT2D eigenvalue weighted by molar-refractivity contribution is 5.97. The van der Waals surface area contributed by atoms with Crippen molar-refractivity contribution in [3.8, 4) is 51.8 Å². The summed E-state index contributed by atoms with van der Waals surface area (Å²) < 4.78 is 4.49. The smallest absolute Gasteiger partial charge is 0.101 e. The minimum atomic E-state index is -0.210. The molecule has 0 spiro atoms. The molecular formula is C45H29N5. The van der Waals surface area contributed by atoms with E-state index in [1.54, 1.807) is 0 Å². The third-order valence-electron chi connectivity index (χ3n) is 10.2. The van der Waals surface area contributed by atoms with Gasteiger partial charge in [-0.1, -0.05) is 84.9 Å². The van der Waals surface area contributed by atoms with Crippen LogP contribution in [0.15, 0.2) is 121 Å². The van der Waals surface area contributed by atoms with Crippen LogP contribution in [0.4, 0.5) is 0 Å². The fourth-order valence-corrected chi connectivity index (χ4v) is 8.07. The van der Waals surface area contributed by atoms with Crippen LogP contribution in [0.25, 0.3) is 67.6 Å². The van der Waals surface area contributed by atoms with Gasteiger partial charge in [0.05, 0.1) is 45.9 Å². The number of benzene rings is 5. The summed E-state index contributed by atoms with van der Waals surface area (Å²) in [4.78, 5) is 0. The van der Waals surface area contributed by atoms with E-state index in [-0.39, 0.29) is 5.92 Å². The number of para-hydroxylation sites is 2. The van der Waals surface area contributed by atoms with Gasteiger partial charge in [0.15, 0.2) is 0 Å². The van der Waals surface area contributed by atoms with Crippen LogP contribution in [0.1, 0.15) is 40.1 Å². The van der Waals surface area contributed by atoms with Crippen LogP contribution in [0.3, 0.4) is 0 Å². The summed E-state index contributed by atoms with van der Waals surface area (Å²) >= 11 is 0. The van der Waals surface area contributed by atoms with Crippen molar-refractivity contribution < 1.29 is 0 Å². The molecule has 0 aliphatic heterocycles. The standard InChI is InChI=1S/C45H29N5/c46-26-29-22-23-42-39(24-29)38-18-8-12-32(28-48)45(38)49(42)33-13-7-10-30(25-33)34-14-1-2-17-37(34)44-31(27-47)11-9-21-43(44)50-40-19-5-3-15-35(40)36-16-4-6-20-41(36)50/h1-3,5-15,17-23,25,29H,4,16,24H2. The zero-order valence-electron chi connectivity index (χ0n) is 27.1. The lowest BCUT2D eigenvalue weighted by molar-refractivity contribution is 0.809. The fraction of sp³-hybridized carbons (Fsp3) is 0.0889. The van der Waals surface area contributed by atoms with Crippen LogP contribution in [0.2, 0.25) is 0 Å². The quantitative estimate of drug-likeness (QED) is 0.192. The Bertz CT molecular complexity index is 2730. The van der Waals surface area contributed by atoms with Crippen LogP contribution in [-0.4, -0.2) is 9.13 Å². The summed E-state index contributed by atoms with van der Waals surface area (Å²) in [5.41, 5.74) is 13.5. The highest BCUT2D eigenvalue weighted by Crippen LogP contribution is 2.43. The van der Waals surface area contributed by atoms with Gasteiger partial charge in [0.1, 0.15) is 6.07 Å². The van der Waals surface area contributed by atoms with Gasteiger partial charge in [-0.3, -0.25) is 0 Å². The monoisotopic (exact) mass is 639 g/mol. The molecule has 0 radical (unpaired) electrons. The van der Waals surface area contributed by atoms with Crippen LogP contribution in [0.5, 0.6) is 0 Å². The lowest BCUT2D eigenvalue weighted by Gasteiger charge is -2.20. The van der Waals surface area contributed by atoms with E-state index < -0.39 is 0 Å². The first-order valence-corrected chi connectivity index (χ1v) is 16.9. The molecule has 50 heavy (non-hydrogen) atoms. The molecule has 1 atom stereocenters. The molecule has 0 fully saturated rings. The summed E-state index contributed by atoms with van der Waals surface area (Å²) in [5.74, 6) is -0.210. The van der Waals surface area contributed by atoms with E-state index >= 15 is 0 Å². The molecule has 2 aliphatic carbocycles. The molecule has 1 unspecified atom stereocenters. The van der Waals surface area contributed by atoms with E-state index in [0.29, 0.717) is 17.5 Å². The number of allylic oxidation sites excluding steroid dienone is 2. The molecule has 0 bridgehead atoms. The molecule has 5 nitrogen and oxygen atoms in total. The number of nitriles is 3. The predicted octanol–water partition coefficient (Wildman–Crippen LogP) is 10.3. The van der Waals surface area contributed by atoms with E-state index in [0.717, 1.165) is 79.8 Å². The summed E-state index contributed by atoms with van der Waals surface area (Å²) in [7, 11) is 0. The first kappa shape index (κ1) is 29.3. The second-order valence-electron chi connectivity index (χ2n) is 12.9. The maximum atomic E-state index is 10.6. The Morgan fingerprint density at radius 3 is 2.24 bits per heavy atom. The molecule has 0 saturated carbocycles. The largest absolute Gasteiger partial charge is 0.309 e. The van der Waals surface area contributed by atoms with Crippen LogP contribution >= 0.6 is 0 Å².